The topological polar surface area (TPSA) is 70.3 Å². The molecule has 2 aromatic heterocycles. The van der Waals surface area contributed by atoms with Crippen molar-refractivity contribution < 1.29 is 17.7 Å². The van der Waals surface area contributed by atoms with Crippen molar-refractivity contribution in [3.63, 3.8) is 0 Å². The lowest BCUT2D eigenvalue weighted by Gasteiger charge is -2.36. The molecule has 3 aromatic rings. The summed E-state index contributed by atoms with van der Waals surface area (Å²) in [5.41, 5.74) is 2.39. The van der Waals surface area contributed by atoms with E-state index in [1.54, 1.807) is 4.90 Å². The zero-order valence-corrected chi connectivity index (χ0v) is 20.0. The van der Waals surface area contributed by atoms with Crippen molar-refractivity contribution >= 4 is 5.82 Å². The molecule has 3 heterocycles. The lowest BCUT2D eigenvalue weighted by atomic mass is 9.94. The quantitative estimate of drug-likeness (QED) is 0.386. The van der Waals surface area contributed by atoms with E-state index in [1.807, 2.05) is 0 Å². The lowest BCUT2D eigenvalue weighted by Crippen LogP contribution is -2.48. The maximum atomic E-state index is 13.9. The SMILES string of the molecule is Cc1ccc(C2(c3noc(CNCCN4CCN(c5nc(F)c(F)c(F)c5C)CC4)n3)CC2)cc1. The minimum atomic E-state index is -1.52. The van der Waals surface area contributed by atoms with E-state index in [-0.39, 0.29) is 16.8 Å². The van der Waals surface area contributed by atoms with Crippen molar-refractivity contribution in [1.29, 1.82) is 0 Å². The van der Waals surface area contributed by atoms with Gasteiger partial charge in [0.1, 0.15) is 5.82 Å². The van der Waals surface area contributed by atoms with Gasteiger partial charge in [0.25, 0.3) is 5.95 Å². The van der Waals surface area contributed by atoms with Crippen molar-refractivity contribution in [3.05, 3.63) is 70.3 Å². The average Bonchev–Trinajstić information content (AvgIpc) is 3.54. The van der Waals surface area contributed by atoms with Gasteiger partial charge in [-0.3, -0.25) is 4.90 Å². The molecule has 1 aromatic carbocycles. The molecular weight excluding hydrogens is 457 g/mol. The largest absolute Gasteiger partial charge is 0.354 e. The smallest absolute Gasteiger partial charge is 0.253 e. The number of hydrogen-bond acceptors (Lipinski definition) is 7. The molecule has 35 heavy (non-hydrogen) atoms. The molecule has 0 atom stereocenters. The summed E-state index contributed by atoms with van der Waals surface area (Å²) in [5.74, 6) is -2.59. The first-order valence-electron chi connectivity index (χ1n) is 12.0. The van der Waals surface area contributed by atoms with Crippen LogP contribution in [0.3, 0.4) is 0 Å². The van der Waals surface area contributed by atoms with Crippen LogP contribution >= 0.6 is 0 Å². The first-order valence-corrected chi connectivity index (χ1v) is 12.0. The first kappa shape index (κ1) is 23.7. The highest BCUT2D eigenvalue weighted by atomic mass is 19.2. The number of hydrogen-bond donors (Lipinski definition) is 1. The average molecular weight is 487 g/mol. The molecule has 0 bridgehead atoms. The zero-order valence-electron chi connectivity index (χ0n) is 20.0. The molecule has 10 heteroatoms. The maximum absolute atomic E-state index is 13.9. The standard InChI is InChI=1S/C25H29F3N6O/c1-16-3-5-18(6-4-16)25(7-8-25)24-30-19(35-32-24)15-29-9-10-33-11-13-34(14-12-33)23-17(2)20(26)21(27)22(28)31-23/h3-6,29H,7-15H2,1-2H3. The van der Waals surface area contributed by atoms with Gasteiger partial charge in [-0.05, 0) is 32.3 Å². The Bertz CT molecular complexity index is 1190. The van der Waals surface area contributed by atoms with E-state index in [1.165, 1.54) is 18.1 Å². The highest BCUT2D eigenvalue weighted by molar-refractivity contribution is 5.47. The molecule has 1 aliphatic carbocycles. The molecule has 0 amide bonds. The summed E-state index contributed by atoms with van der Waals surface area (Å²) in [5, 5.41) is 7.60. The van der Waals surface area contributed by atoms with Gasteiger partial charge in [0.15, 0.2) is 11.6 Å². The Kier molecular flexibility index (Phi) is 6.50. The number of aryl methyl sites for hydroxylation is 1. The molecule has 186 valence electrons. The van der Waals surface area contributed by atoms with Gasteiger partial charge in [-0.1, -0.05) is 35.0 Å². The minimum absolute atomic E-state index is 0.0355. The summed E-state index contributed by atoms with van der Waals surface area (Å²) >= 11 is 0. The number of piperazine rings is 1. The predicted octanol–water partition coefficient (Wildman–Crippen LogP) is 3.49. The molecule has 7 nitrogen and oxygen atoms in total. The van der Waals surface area contributed by atoms with Gasteiger partial charge in [-0.2, -0.15) is 18.7 Å². The summed E-state index contributed by atoms with van der Waals surface area (Å²) in [6, 6.07) is 8.53. The van der Waals surface area contributed by atoms with E-state index in [2.05, 4.69) is 56.5 Å². The molecule has 5 rings (SSSR count). The van der Waals surface area contributed by atoms with Crippen LogP contribution in [0.2, 0.25) is 0 Å². The summed E-state index contributed by atoms with van der Waals surface area (Å²) in [6.45, 7) is 8.09. The normalized spacial score (nSPS) is 17.7. The summed E-state index contributed by atoms with van der Waals surface area (Å²) in [7, 11) is 0. The lowest BCUT2D eigenvalue weighted by molar-refractivity contribution is 0.254. The summed E-state index contributed by atoms with van der Waals surface area (Å²) in [6.07, 6.45) is 2.06. The second-order valence-corrected chi connectivity index (χ2v) is 9.44. The van der Waals surface area contributed by atoms with E-state index >= 15 is 0 Å². The monoisotopic (exact) mass is 486 g/mol. The Labute approximate surface area is 202 Å². The molecule has 0 radical (unpaired) electrons. The van der Waals surface area contributed by atoms with Gasteiger partial charge in [0, 0.05) is 44.8 Å². The van der Waals surface area contributed by atoms with Crippen LogP contribution in [0.4, 0.5) is 19.0 Å². The Hall–Kier alpha value is -2.98. The number of pyridine rings is 1. The number of aromatic nitrogens is 3. The number of halogens is 3. The third-order valence-electron chi connectivity index (χ3n) is 7.05. The van der Waals surface area contributed by atoms with Gasteiger partial charge in [-0.15, -0.1) is 0 Å². The summed E-state index contributed by atoms with van der Waals surface area (Å²) < 4.78 is 46.3. The summed E-state index contributed by atoms with van der Waals surface area (Å²) in [4.78, 5) is 12.3. The fourth-order valence-electron chi connectivity index (χ4n) is 4.66. The van der Waals surface area contributed by atoms with Gasteiger partial charge in [-0.25, -0.2) is 4.39 Å². The second kappa shape index (κ2) is 9.58. The fraction of sp³-hybridized carbons (Fsp3) is 0.480. The van der Waals surface area contributed by atoms with Gasteiger partial charge < -0.3 is 14.7 Å². The van der Waals surface area contributed by atoms with Crippen LogP contribution in [0.5, 0.6) is 0 Å². The zero-order chi connectivity index (χ0) is 24.6. The van der Waals surface area contributed by atoms with Crippen LogP contribution in [-0.2, 0) is 12.0 Å². The van der Waals surface area contributed by atoms with Crippen LogP contribution in [0.1, 0.15) is 41.2 Å². The minimum Gasteiger partial charge on any atom is -0.354 e. The fourth-order valence-corrected chi connectivity index (χ4v) is 4.66. The van der Waals surface area contributed by atoms with Gasteiger partial charge in [0.05, 0.1) is 12.0 Å². The van der Waals surface area contributed by atoms with Crippen LogP contribution < -0.4 is 10.2 Å². The Morgan fingerprint density at radius 1 is 0.971 bits per heavy atom. The Morgan fingerprint density at radius 3 is 2.37 bits per heavy atom. The van der Waals surface area contributed by atoms with Crippen molar-refractivity contribution in [2.45, 2.75) is 38.6 Å². The van der Waals surface area contributed by atoms with Crippen molar-refractivity contribution in [1.82, 2.24) is 25.3 Å². The number of nitrogens with zero attached hydrogens (tertiary/aromatic N) is 5. The predicted molar refractivity (Wildman–Crippen MR) is 125 cm³/mol. The van der Waals surface area contributed by atoms with Gasteiger partial charge >= 0.3 is 0 Å². The maximum Gasteiger partial charge on any atom is 0.253 e. The highest BCUT2D eigenvalue weighted by Gasteiger charge is 2.49. The third-order valence-corrected chi connectivity index (χ3v) is 7.05. The van der Waals surface area contributed by atoms with Crippen LogP contribution in [0, 0.1) is 31.4 Å². The molecule has 1 saturated heterocycles. The van der Waals surface area contributed by atoms with Crippen molar-refractivity contribution in [2.75, 3.05) is 44.2 Å². The third kappa shape index (κ3) is 4.77. The molecule has 1 saturated carbocycles. The van der Waals surface area contributed by atoms with E-state index in [0.29, 0.717) is 38.6 Å². The van der Waals surface area contributed by atoms with Crippen LogP contribution in [0.25, 0.3) is 0 Å². The molecule has 1 N–H and O–H groups in total. The number of rotatable bonds is 8. The van der Waals surface area contributed by atoms with Crippen molar-refractivity contribution in [2.24, 2.45) is 0 Å². The van der Waals surface area contributed by atoms with E-state index in [0.717, 1.165) is 31.8 Å². The molecule has 2 fully saturated rings. The van der Waals surface area contributed by atoms with E-state index < -0.39 is 17.6 Å². The molecule has 1 aliphatic heterocycles. The Morgan fingerprint density at radius 2 is 1.69 bits per heavy atom. The van der Waals surface area contributed by atoms with Gasteiger partial charge in [0.2, 0.25) is 11.7 Å². The highest BCUT2D eigenvalue weighted by Crippen LogP contribution is 2.52. The second-order valence-electron chi connectivity index (χ2n) is 9.44. The van der Waals surface area contributed by atoms with Crippen LogP contribution in [-0.4, -0.2) is 59.3 Å². The molecule has 0 unspecified atom stereocenters. The molecule has 0 spiro atoms. The molecular formula is C25H29F3N6O. The van der Waals surface area contributed by atoms with Crippen molar-refractivity contribution in [3.8, 4) is 0 Å². The number of benzene rings is 1. The Balaban J connectivity index is 1.08. The van der Waals surface area contributed by atoms with E-state index in [9.17, 15) is 13.2 Å². The number of anilines is 1. The van der Waals surface area contributed by atoms with E-state index in [4.69, 9.17) is 4.52 Å². The van der Waals surface area contributed by atoms with Crippen LogP contribution in [0.15, 0.2) is 28.8 Å². The number of nitrogens with one attached hydrogen (secondary N) is 1. The molecule has 2 aliphatic rings. The first-order chi connectivity index (χ1) is 16.9.